The molecule has 1 unspecified atom stereocenters. The molecule has 10 heteroatoms. The summed E-state index contributed by atoms with van der Waals surface area (Å²) in [5.41, 5.74) is 1.75. The average Bonchev–Trinajstić information content (AvgIpc) is 3.06. The van der Waals surface area contributed by atoms with Crippen LogP contribution in [0.2, 0.25) is 0 Å². The molecule has 2 N–H and O–H groups in total. The number of hydrogen-bond acceptors (Lipinski definition) is 6. The standard InChI is InChI=1S/C21H18N4O6/c1-24(30)12-5-7-13(8-6-12)31-21(29)22-16-4-2-3-14-15(16)11-25(20(14)28)17-9-10-18(26)23-19(17)27/h2-8,17H,9-11H2,1H3,(H-,22,23,26,27,29)/p+1. The van der Waals surface area contributed by atoms with E-state index in [0.29, 0.717) is 27.3 Å². The number of hydrogen-bond donors (Lipinski definition) is 2. The monoisotopic (exact) mass is 423 g/mol. The predicted octanol–water partition coefficient (Wildman–Crippen LogP) is 2.10. The summed E-state index contributed by atoms with van der Waals surface area (Å²) in [6.45, 7) is 0.126. The van der Waals surface area contributed by atoms with Crippen molar-refractivity contribution >= 4 is 35.2 Å². The molecule has 0 saturated carbocycles. The molecular weight excluding hydrogens is 404 g/mol. The molecule has 1 fully saturated rings. The van der Waals surface area contributed by atoms with E-state index in [-0.39, 0.29) is 37.0 Å². The summed E-state index contributed by atoms with van der Waals surface area (Å²) in [6, 6.07) is 10.2. The quantitative estimate of drug-likeness (QED) is 0.573. The summed E-state index contributed by atoms with van der Waals surface area (Å²) in [4.78, 5) is 61.4. The smallest absolute Gasteiger partial charge is 0.410 e. The fourth-order valence-corrected chi connectivity index (χ4v) is 3.67. The number of rotatable bonds is 4. The molecule has 1 atom stereocenters. The predicted molar refractivity (Wildman–Crippen MR) is 108 cm³/mol. The van der Waals surface area contributed by atoms with Crippen LogP contribution in [0.1, 0.15) is 28.8 Å². The molecule has 31 heavy (non-hydrogen) atoms. The molecular formula is C21H19N4O6+. The summed E-state index contributed by atoms with van der Waals surface area (Å²) in [7, 11) is 1.36. The Labute approximate surface area is 176 Å². The van der Waals surface area contributed by atoms with Gasteiger partial charge in [0.15, 0.2) is 7.05 Å². The number of imide groups is 1. The fourth-order valence-electron chi connectivity index (χ4n) is 3.67. The summed E-state index contributed by atoms with van der Waals surface area (Å²) in [5.74, 6) is -0.945. The van der Waals surface area contributed by atoms with Crippen molar-refractivity contribution < 1.29 is 28.7 Å². The fraction of sp³-hybridized carbons (Fsp3) is 0.238. The van der Waals surface area contributed by atoms with Gasteiger partial charge in [-0.3, -0.25) is 25.0 Å². The van der Waals surface area contributed by atoms with Crippen LogP contribution in [0.25, 0.3) is 0 Å². The molecule has 0 aliphatic carbocycles. The minimum Gasteiger partial charge on any atom is -0.410 e. The summed E-state index contributed by atoms with van der Waals surface area (Å²) >= 11 is 0. The number of nitrogens with one attached hydrogen (secondary N) is 2. The highest BCUT2D eigenvalue weighted by Crippen LogP contribution is 2.32. The van der Waals surface area contributed by atoms with Crippen LogP contribution < -0.4 is 15.4 Å². The minimum absolute atomic E-state index is 0.126. The Morgan fingerprint density at radius 1 is 1.16 bits per heavy atom. The zero-order valence-electron chi connectivity index (χ0n) is 16.6. The summed E-state index contributed by atoms with van der Waals surface area (Å²) in [6.07, 6.45) is -0.345. The number of carbonyl (C=O) groups excluding carboxylic acids is 4. The molecule has 2 aliphatic heterocycles. The molecule has 0 radical (unpaired) electrons. The Morgan fingerprint density at radius 3 is 2.58 bits per heavy atom. The maximum absolute atomic E-state index is 12.8. The highest BCUT2D eigenvalue weighted by molar-refractivity contribution is 6.06. The highest BCUT2D eigenvalue weighted by atomic mass is 16.6. The number of ether oxygens (including phenoxy) is 1. The zero-order chi connectivity index (χ0) is 22.1. The van der Waals surface area contributed by atoms with Gasteiger partial charge in [0.25, 0.3) is 11.6 Å². The number of benzene rings is 2. The van der Waals surface area contributed by atoms with Crippen molar-refractivity contribution in [3.05, 3.63) is 58.5 Å². The van der Waals surface area contributed by atoms with Crippen molar-refractivity contribution in [3.63, 3.8) is 0 Å². The van der Waals surface area contributed by atoms with E-state index in [2.05, 4.69) is 10.6 Å². The molecule has 2 aromatic carbocycles. The molecule has 0 aromatic heterocycles. The number of fused-ring (bicyclic) bond motifs is 1. The maximum atomic E-state index is 12.8. The molecule has 10 nitrogen and oxygen atoms in total. The van der Waals surface area contributed by atoms with Crippen LogP contribution in [-0.4, -0.2) is 46.6 Å². The molecule has 4 rings (SSSR count). The van der Waals surface area contributed by atoms with Crippen molar-refractivity contribution in [3.8, 4) is 5.75 Å². The van der Waals surface area contributed by atoms with Gasteiger partial charge in [0.1, 0.15) is 11.8 Å². The molecule has 0 spiro atoms. The van der Waals surface area contributed by atoms with Crippen molar-refractivity contribution in [2.75, 3.05) is 12.4 Å². The third kappa shape index (κ3) is 4.00. The molecule has 0 bridgehead atoms. The third-order valence-corrected chi connectivity index (χ3v) is 5.23. The van der Waals surface area contributed by atoms with E-state index < -0.39 is 18.0 Å². The van der Waals surface area contributed by atoms with Crippen molar-refractivity contribution in [2.24, 2.45) is 0 Å². The van der Waals surface area contributed by atoms with E-state index in [1.54, 1.807) is 18.2 Å². The van der Waals surface area contributed by atoms with Gasteiger partial charge < -0.3 is 9.64 Å². The number of anilines is 1. The van der Waals surface area contributed by atoms with Crippen LogP contribution >= 0.6 is 0 Å². The first-order valence-electron chi connectivity index (χ1n) is 9.60. The number of nitroso groups, excluding NO2 is 1. The Bertz CT molecular complexity index is 1110. The summed E-state index contributed by atoms with van der Waals surface area (Å²) in [5, 5.41) is 4.88. The molecule has 2 aromatic rings. The topological polar surface area (TPSA) is 125 Å². The van der Waals surface area contributed by atoms with Crippen LogP contribution in [0.4, 0.5) is 16.2 Å². The van der Waals surface area contributed by atoms with Crippen LogP contribution in [0.5, 0.6) is 5.75 Å². The van der Waals surface area contributed by atoms with Crippen LogP contribution in [0.3, 0.4) is 0 Å². The second-order valence-corrected chi connectivity index (χ2v) is 7.24. The highest BCUT2D eigenvalue weighted by Gasteiger charge is 2.40. The van der Waals surface area contributed by atoms with Gasteiger partial charge in [-0.2, -0.15) is 0 Å². The Hall–Kier alpha value is -4.08. The van der Waals surface area contributed by atoms with Gasteiger partial charge in [-0.1, -0.05) is 6.07 Å². The lowest BCUT2D eigenvalue weighted by Crippen LogP contribution is -2.52. The molecule has 2 aliphatic rings. The first kappa shape index (κ1) is 20.2. The second kappa shape index (κ2) is 7.98. The van der Waals surface area contributed by atoms with Gasteiger partial charge in [0.2, 0.25) is 11.8 Å². The van der Waals surface area contributed by atoms with E-state index in [0.717, 1.165) is 0 Å². The Balaban J connectivity index is 1.48. The Kier molecular flexibility index (Phi) is 5.20. The van der Waals surface area contributed by atoms with E-state index in [4.69, 9.17) is 4.74 Å². The van der Waals surface area contributed by atoms with Crippen LogP contribution in [-0.2, 0) is 16.1 Å². The number of carbonyl (C=O) groups is 4. The lowest BCUT2D eigenvalue weighted by atomic mass is 10.0. The first-order chi connectivity index (χ1) is 14.8. The molecule has 158 valence electrons. The average molecular weight is 423 g/mol. The van der Waals surface area contributed by atoms with Gasteiger partial charge in [-0.25, -0.2) is 4.79 Å². The lowest BCUT2D eigenvalue weighted by Gasteiger charge is -2.29. The normalized spacial score (nSPS) is 17.8. The maximum Gasteiger partial charge on any atom is 0.417 e. The molecule has 4 amide bonds. The van der Waals surface area contributed by atoms with E-state index in [1.807, 2.05) is 0 Å². The third-order valence-electron chi connectivity index (χ3n) is 5.23. The van der Waals surface area contributed by atoms with Gasteiger partial charge in [0.05, 0.1) is 0 Å². The van der Waals surface area contributed by atoms with Crippen molar-refractivity contribution in [1.82, 2.24) is 10.2 Å². The van der Waals surface area contributed by atoms with Gasteiger partial charge in [-0.05, 0) is 30.7 Å². The molecule has 1 saturated heterocycles. The lowest BCUT2D eigenvalue weighted by molar-refractivity contribution is -0.428. The number of amides is 4. The molecule has 2 heterocycles. The van der Waals surface area contributed by atoms with E-state index in [1.165, 1.54) is 36.2 Å². The van der Waals surface area contributed by atoms with E-state index >= 15 is 0 Å². The van der Waals surface area contributed by atoms with Crippen molar-refractivity contribution in [2.45, 2.75) is 25.4 Å². The van der Waals surface area contributed by atoms with E-state index in [9.17, 15) is 24.1 Å². The Morgan fingerprint density at radius 2 is 1.90 bits per heavy atom. The second-order valence-electron chi connectivity index (χ2n) is 7.24. The van der Waals surface area contributed by atoms with Crippen molar-refractivity contribution in [1.29, 1.82) is 0 Å². The number of piperidine rings is 1. The first-order valence-corrected chi connectivity index (χ1v) is 9.60. The largest absolute Gasteiger partial charge is 0.417 e. The van der Waals surface area contributed by atoms with Gasteiger partial charge in [0, 0.05) is 51.6 Å². The van der Waals surface area contributed by atoms with Crippen LogP contribution in [0, 0.1) is 4.91 Å². The zero-order valence-corrected chi connectivity index (χ0v) is 16.6. The number of nitrogens with zero attached hydrogens (tertiary/aromatic N) is 2. The van der Waals surface area contributed by atoms with Gasteiger partial charge >= 0.3 is 6.09 Å². The minimum atomic E-state index is -0.761. The van der Waals surface area contributed by atoms with Crippen LogP contribution in [0.15, 0.2) is 42.5 Å². The SMILES string of the molecule is C[N+](=O)c1ccc(OC(=O)Nc2cccc3c2CN(C2CCC(=O)NC2=O)C3=O)cc1. The van der Waals surface area contributed by atoms with Gasteiger partial charge in [-0.15, -0.1) is 0 Å². The summed E-state index contributed by atoms with van der Waals surface area (Å²) < 4.78 is 5.92.